The highest BCUT2D eigenvalue weighted by molar-refractivity contribution is 5.49. The Morgan fingerprint density at radius 1 is 0.879 bits per heavy atom. The number of benzene rings is 2. The fourth-order valence-electron chi connectivity index (χ4n) is 6.08. The van der Waals surface area contributed by atoms with Crippen LogP contribution in [0.2, 0.25) is 0 Å². The third-order valence-corrected chi connectivity index (χ3v) is 7.97. The van der Waals surface area contributed by atoms with Crippen LogP contribution in [-0.4, -0.2) is 6.61 Å². The molecule has 4 atom stereocenters. The molecule has 4 rings (SSSR count). The number of anilines is 1. The van der Waals surface area contributed by atoms with Crippen LogP contribution in [0.5, 0.6) is 5.75 Å². The zero-order chi connectivity index (χ0) is 23.2. The van der Waals surface area contributed by atoms with Crippen molar-refractivity contribution in [1.29, 1.82) is 0 Å². The molecule has 2 aromatic carbocycles. The van der Waals surface area contributed by atoms with E-state index >= 15 is 0 Å². The second-order valence-corrected chi connectivity index (χ2v) is 10.1. The van der Waals surface area contributed by atoms with E-state index in [4.69, 9.17) is 4.74 Å². The van der Waals surface area contributed by atoms with Crippen LogP contribution in [0.15, 0.2) is 36.4 Å². The molecule has 180 valence electrons. The van der Waals surface area contributed by atoms with E-state index in [9.17, 15) is 8.78 Å². The Balaban J connectivity index is 1.30. The number of nitrogens with one attached hydrogen (secondary N) is 1. The molecule has 0 heterocycles. The van der Waals surface area contributed by atoms with Crippen LogP contribution in [0.25, 0.3) is 0 Å². The summed E-state index contributed by atoms with van der Waals surface area (Å²) in [6.45, 7) is 4.81. The Morgan fingerprint density at radius 2 is 1.64 bits per heavy atom. The number of hydrogen-bond donors (Lipinski definition) is 1. The number of unbranched alkanes of at least 4 members (excludes halogenated alkanes) is 1. The van der Waals surface area contributed by atoms with E-state index in [1.807, 2.05) is 0 Å². The summed E-state index contributed by atoms with van der Waals surface area (Å²) >= 11 is 0. The summed E-state index contributed by atoms with van der Waals surface area (Å²) in [7, 11) is 0. The van der Waals surface area contributed by atoms with Crippen molar-refractivity contribution in [2.24, 2.45) is 17.8 Å². The summed E-state index contributed by atoms with van der Waals surface area (Å²) in [5.74, 6) is 1.62. The van der Waals surface area contributed by atoms with Gasteiger partial charge >= 0.3 is 0 Å². The summed E-state index contributed by atoms with van der Waals surface area (Å²) in [5, 5.41) is 3.02. The highest BCUT2D eigenvalue weighted by Crippen LogP contribution is 2.48. The van der Waals surface area contributed by atoms with Crippen LogP contribution in [-0.2, 0) is 6.54 Å². The van der Waals surface area contributed by atoms with Crippen molar-refractivity contribution >= 4 is 5.69 Å². The van der Waals surface area contributed by atoms with Gasteiger partial charge in [-0.25, -0.2) is 4.39 Å². The Kier molecular flexibility index (Phi) is 8.27. The van der Waals surface area contributed by atoms with Gasteiger partial charge in [0.15, 0.2) is 11.6 Å². The molecule has 0 aromatic heterocycles. The van der Waals surface area contributed by atoms with Gasteiger partial charge in [0.25, 0.3) is 0 Å². The smallest absolute Gasteiger partial charge is 0.202 e. The molecule has 0 bridgehead atoms. The van der Waals surface area contributed by atoms with E-state index in [0.717, 1.165) is 23.3 Å². The molecule has 4 unspecified atom stereocenters. The van der Waals surface area contributed by atoms with Gasteiger partial charge in [0, 0.05) is 6.54 Å². The molecule has 33 heavy (non-hydrogen) atoms. The van der Waals surface area contributed by atoms with Crippen molar-refractivity contribution in [2.75, 3.05) is 11.9 Å². The molecule has 1 N–H and O–H groups in total. The quantitative estimate of drug-likeness (QED) is 0.409. The molecule has 0 radical (unpaired) electrons. The van der Waals surface area contributed by atoms with Crippen molar-refractivity contribution < 1.29 is 13.5 Å². The molecular formula is C29H39F2NO. The van der Waals surface area contributed by atoms with Crippen LogP contribution in [0, 0.1) is 29.4 Å². The van der Waals surface area contributed by atoms with Crippen molar-refractivity contribution in [3.05, 3.63) is 59.2 Å². The van der Waals surface area contributed by atoms with Crippen molar-refractivity contribution in [2.45, 2.75) is 84.1 Å². The lowest BCUT2D eigenvalue weighted by molar-refractivity contribution is 0.113. The lowest BCUT2D eigenvalue weighted by atomic mass is 9.63. The normalized spacial score (nSPS) is 24.8. The van der Waals surface area contributed by atoms with E-state index in [-0.39, 0.29) is 11.4 Å². The molecule has 0 spiro atoms. The van der Waals surface area contributed by atoms with E-state index < -0.39 is 11.6 Å². The van der Waals surface area contributed by atoms with Gasteiger partial charge in [-0.05, 0) is 86.0 Å². The Hall–Kier alpha value is -2.10. The Morgan fingerprint density at radius 3 is 2.39 bits per heavy atom. The lowest BCUT2D eigenvalue weighted by Gasteiger charge is -2.42. The predicted octanol–water partition coefficient (Wildman–Crippen LogP) is 8.47. The highest BCUT2D eigenvalue weighted by Gasteiger charge is 2.35. The molecule has 0 amide bonds. The van der Waals surface area contributed by atoms with Gasteiger partial charge in [-0.1, -0.05) is 56.9 Å². The minimum Gasteiger partial charge on any atom is -0.491 e. The number of rotatable bonds is 9. The average Bonchev–Trinajstić information content (AvgIpc) is 2.85. The molecule has 2 aliphatic carbocycles. The number of fused-ring (bicyclic) bond motifs is 1. The standard InChI is InChI=1S/C29H39F2NO/c1-3-5-6-20-7-12-25-18-24(14-13-23(25)17-20)22-10-8-21(9-11-22)19-32-26-15-16-27(33-4-2)29(31)28(26)30/h8-11,15-16,20,23-25,32H,3-7,12-14,17-19H2,1-2H3. The monoisotopic (exact) mass is 455 g/mol. The zero-order valence-corrected chi connectivity index (χ0v) is 20.2. The molecule has 2 fully saturated rings. The molecule has 2 aliphatic rings. The van der Waals surface area contributed by atoms with E-state index in [0.29, 0.717) is 19.1 Å². The first-order chi connectivity index (χ1) is 16.1. The van der Waals surface area contributed by atoms with Crippen molar-refractivity contribution in [3.63, 3.8) is 0 Å². The molecule has 2 aromatic rings. The van der Waals surface area contributed by atoms with Crippen LogP contribution in [0.3, 0.4) is 0 Å². The van der Waals surface area contributed by atoms with Crippen molar-refractivity contribution in [3.8, 4) is 5.75 Å². The highest BCUT2D eigenvalue weighted by atomic mass is 19.2. The third-order valence-electron chi connectivity index (χ3n) is 7.97. The number of ether oxygens (including phenoxy) is 1. The van der Waals surface area contributed by atoms with Gasteiger partial charge in [-0.15, -0.1) is 0 Å². The minimum atomic E-state index is -0.938. The first-order valence-electron chi connectivity index (χ1n) is 13.0. The maximum absolute atomic E-state index is 14.3. The van der Waals surface area contributed by atoms with Gasteiger partial charge < -0.3 is 10.1 Å². The number of halogens is 2. The Bertz CT molecular complexity index is 897. The fourth-order valence-corrected chi connectivity index (χ4v) is 6.08. The minimum absolute atomic E-state index is 0.0472. The molecule has 2 nitrogen and oxygen atoms in total. The topological polar surface area (TPSA) is 21.3 Å². The SMILES string of the molecule is CCCCC1CCC2CC(c3ccc(CNc4ccc(OCC)c(F)c4F)cc3)CCC2C1. The van der Waals surface area contributed by atoms with Gasteiger partial charge in [0.05, 0.1) is 12.3 Å². The van der Waals surface area contributed by atoms with Crippen LogP contribution in [0.4, 0.5) is 14.5 Å². The van der Waals surface area contributed by atoms with Crippen LogP contribution >= 0.6 is 0 Å². The summed E-state index contributed by atoms with van der Waals surface area (Å²) in [6, 6.07) is 11.7. The van der Waals surface area contributed by atoms with E-state index in [1.165, 1.54) is 75.5 Å². The first kappa shape index (κ1) is 24.0. The first-order valence-corrected chi connectivity index (χ1v) is 13.0. The average molecular weight is 456 g/mol. The fraction of sp³-hybridized carbons (Fsp3) is 0.586. The second kappa shape index (κ2) is 11.4. The van der Waals surface area contributed by atoms with Crippen LogP contribution in [0.1, 0.15) is 88.7 Å². The van der Waals surface area contributed by atoms with E-state index in [1.54, 1.807) is 6.92 Å². The molecular weight excluding hydrogens is 416 g/mol. The largest absolute Gasteiger partial charge is 0.491 e. The van der Waals surface area contributed by atoms with Gasteiger partial charge in [-0.2, -0.15) is 4.39 Å². The van der Waals surface area contributed by atoms with Gasteiger partial charge in [0.2, 0.25) is 5.82 Å². The summed E-state index contributed by atoms with van der Waals surface area (Å²) in [4.78, 5) is 0. The summed E-state index contributed by atoms with van der Waals surface area (Å²) < 4.78 is 33.5. The van der Waals surface area contributed by atoms with Gasteiger partial charge in [0.1, 0.15) is 0 Å². The zero-order valence-electron chi connectivity index (χ0n) is 20.2. The maximum atomic E-state index is 14.3. The van der Waals surface area contributed by atoms with Crippen LogP contribution < -0.4 is 10.1 Å². The third kappa shape index (κ3) is 5.88. The maximum Gasteiger partial charge on any atom is 0.202 e. The molecule has 0 aliphatic heterocycles. The van der Waals surface area contributed by atoms with Crippen molar-refractivity contribution in [1.82, 2.24) is 0 Å². The predicted molar refractivity (Wildman–Crippen MR) is 132 cm³/mol. The summed E-state index contributed by atoms with van der Waals surface area (Å²) in [6.07, 6.45) is 12.5. The second-order valence-electron chi connectivity index (χ2n) is 10.1. The molecule has 0 saturated heterocycles. The molecule has 2 saturated carbocycles. The molecule has 4 heteroatoms. The lowest BCUT2D eigenvalue weighted by Crippen LogP contribution is -2.30. The number of hydrogen-bond acceptors (Lipinski definition) is 2. The van der Waals surface area contributed by atoms with Gasteiger partial charge in [-0.3, -0.25) is 0 Å². The van der Waals surface area contributed by atoms with E-state index in [2.05, 4.69) is 36.5 Å². The summed E-state index contributed by atoms with van der Waals surface area (Å²) in [5.41, 5.74) is 2.66. The Labute approximate surface area is 198 Å².